The lowest BCUT2D eigenvalue weighted by Crippen LogP contribution is -2.27. The number of halogens is 2. The van der Waals surface area contributed by atoms with Crippen molar-refractivity contribution in [2.24, 2.45) is 5.92 Å². The van der Waals surface area contributed by atoms with Crippen molar-refractivity contribution >= 4 is 0 Å². The van der Waals surface area contributed by atoms with Gasteiger partial charge in [-0.25, -0.2) is 8.78 Å². The van der Waals surface area contributed by atoms with E-state index in [9.17, 15) is 8.78 Å². The Morgan fingerprint density at radius 3 is 2.18 bits per heavy atom. The third kappa shape index (κ3) is 5.16. The zero-order valence-corrected chi connectivity index (χ0v) is 16.3. The number of rotatable bonds is 8. The summed E-state index contributed by atoms with van der Waals surface area (Å²) in [5.74, 6) is -0.826. The zero-order valence-electron chi connectivity index (χ0n) is 16.3. The normalized spacial score (nSPS) is 19.7. The highest BCUT2D eigenvalue weighted by atomic mass is 19.1. The smallest absolute Gasteiger partial charge is 0.183 e. The maximum Gasteiger partial charge on any atom is 0.183 e. The van der Waals surface area contributed by atoms with Crippen LogP contribution in [0.3, 0.4) is 0 Å². The molecule has 1 fully saturated rings. The molecule has 0 amide bonds. The SMILES string of the molecule is CCCCCC1COC(c2ccc(-c3cc(F)c(CCO)c(F)c3)cc2)OC1. The fourth-order valence-electron chi connectivity index (χ4n) is 3.54. The molecule has 1 heterocycles. The summed E-state index contributed by atoms with van der Waals surface area (Å²) in [6, 6.07) is 9.98. The first-order chi connectivity index (χ1) is 13.6. The molecule has 0 aliphatic carbocycles. The lowest BCUT2D eigenvalue weighted by molar-refractivity contribution is -0.206. The molecule has 0 atom stereocenters. The fourth-order valence-corrected chi connectivity index (χ4v) is 3.54. The minimum absolute atomic E-state index is 0.0350. The second-order valence-electron chi connectivity index (χ2n) is 7.37. The van der Waals surface area contributed by atoms with Gasteiger partial charge in [-0.05, 0) is 29.7 Å². The molecule has 0 unspecified atom stereocenters. The van der Waals surface area contributed by atoms with Crippen LogP contribution in [0.25, 0.3) is 11.1 Å². The van der Waals surface area contributed by atoms with E-state index in [-0.39, 0.29) is 18.6 Å². The van der Waals surface area contributed by atoms with Crippen molar-refractivity contribution in [3.8, 4) is 11.1 Å². The molecular formula is C23H28F2O3. The van der Waals surface area contributed by atoms with Gasteiger partial charge >= 0.3 is 0 Å². The Bertz CT molecular complexity index is 730. The van der Waals surface area contributed by atoms with E-state index < -0.39 is 17.9 Å². The monoisotopic (exact) mass is 390 g/mol. The van der Waals surface area contributed by atoms with Gasteiger partial charge in [0.15, 0.2) is 6.29 Å². The fraction of sp³-hybridized carbons (Fsp3) is 0.478. The Morgan fingerprint density at radius 1 is 0.964 bits per heavy atom. The molecule has 3 rings (SSSR count). The first-order valence-corrected chi connectivity index (χ1v) is 10.0. The highest BCUT2D eigenvalue weighted by Crippen LogP contribution is 2.30. The number of hydrogen-bond donors (Lipinski definition) is 1. The number of unbranched alkanes of at least 4 members (excludes halogenated alkanes) is 2. The summed E-state index contributed by atoms with van der Waals surface area (Å²) in [4.78, 5) is 0. The lowest BCUT2D eigenvalue weighted by atomic mass is 10.00. The van der Waals surface area contributed by atoms with E-state index in [1.165, 1.54) is 31.4 Å². The van der Waals surface area contributed by atoms with Gasteiger partial charge in [0.05, 0.1) is 13.2 Å². The molecule has 2 aromatic rings. The van der Waals surface area contributed by atoms with E-state index in [1.54, 1.807) is 0 Å². The summed E-state index contributed by atoms with van der Waals surface area (Å²) in [5, 5.41) is 8.92. The van der Waals surface area contributed by atoms with Gasteiger partial charge < -0.3 is 14.6 Å². The van der Waals surface area contributed by atoms with E-state index in [1.807, 2.05) is 24.3 Å². The van der Waals surface area contributed by atoms with Gasteiger partial charge in [0, 0.05) is 30.1 Å². The largest absolute Gasteiger partial charge is 0.396 e. The van der Waals surface area contributed by atoms with Crippen LogP contribution >= 0.6 is 0 Å². The van der Waals surface area contributed by atoms with E-state index >= 15 is 0 Å². The molecule has 28 heavy (non-hydrogen) atoms. The first-order valence-electron chi connectivity index (χ1n) is 10.0. The average Bonchev–Trinajstić information content (AvgIpc) is 2.71. The first kappa shape index (κ1) is 20.9. The summed E-state index contributed by atoms with van der Waals surface area (Å²) in [5.41, 5.74) is 1.99. The summed E-state index contributed by atoms with van der Waals surface area (Å²) in [6.45, 7) is 3.29. The molecule has 0 aromatic heterocycles. The van der Waals surface area contributed by atoms with Crippen molar-refractivity contribution in [1.29, 1.82) is 0 Å². The zero-order chi connectivity index (χ0) is 19.9. The molecule has 152 valence electrons. The van der Waals surface area contributed by atoms with Crippen LogP contribution in [0.2, 0.25) is 0 Å². The average molecular weight is 390 g/mol. The molecule has 1 N–H and O–H groups in total. The van der Waals surface area contributed by atoms with E-state index in [4.69, 9.17) is 14.6 Å². The van der Waals surface area contributed by atoms with Crippen molar-refractivity contribution in [1.82, 2.24) is 0 Å². The third-order valence-corrected chi connectivity index (χ3v) is 5.20. The maximum absolute atomic E-state index is 14.1. The van der Waals surface area contributed by atoms with Gasteiger partial charge in [-0.2, -0.15) is 0 Å². The Kier molecular flexibility index (Phi) is 7.54. The molecule has 1 aliphatic rings. The van der Waals surface area contributed by atoms with Crippen LogP contribution in [0.15, 0.2) is 36.4 Å². The number of ether oxygens (including phenoxy) is 2. The van der Waals surface area contributed by atoms with E-state index in [0.717, 1.165) is 12.0 Å². The molecular weight excluding hydrogens is 362 g/mol. The molecule has 0 radical (unpaired) electrons. The highest BCUT2D eigenvalue weighted by Gasteiger charge is 2.23. The minimum Gasteiger partial charge on any atom is -0.396 e. The van der Waals surface area contributed by atoms with E-state index in [0.29, 0.717) is 30.3 Å². The third-order valence-electron chi connectivity index (χ3n) is 5.20. The molecule has 1 saturated heterocycles. The Morgan fingerprint density at radius 2 is 1.61 bits per heavy atom. The van der Waals surface area contributed by atoms with Crippen LogP contribution < -0.4 is 0 Å². The summed E-state index contributed by atoms with van der Waals surface area (Å²) >= 11 is 0. The summed E-state index contributed by atoms with van der Waals surface area (Å²) in [6.07, 6.45) is 4.36. The van der Waals surface area contributed by atoms with Crippen LogP contribution in [-0.2, 0) is 15.9 Å². The van der Waals surface area contributed by atoms with Crippen molar-refractivity contribution in [2.45, 2.75) is 45.3 Å². The summed E-state index contributed by atoms with van der Waals surface area (Å²) < 4.78 is 40.0. The van der Waals surface area contributed by atoms with Crippen molar-refractivity contribution in [3.63, 3.8) is 0 Å². The van der Waals surface area contributed by atoms with Crippen molar-refractivity contribution < 1.29 is 23.4 Å². The van der Waals surface area contributed by atoms with Crippen LogP contribution in [0.4, 0.5) is 8.78 Å². The second-order valence-corrected chi connectivity index (χ2v) is 7.37. The van der Waals surface area contributed by atoms with Gasteiger partial charge in [0.2, 0.25) is 0 Å². The number of hydrogen-bond acceptors (Lipinski definition) is 3. The van der Waals surface area contributed by atoms with Crippen LogP contribution in [-0.4, -0.2) is 24.9 Å². The predicted molar refractivity (Wildman–Crippen MR) is 105 cm³/mol. The molecule has 0 bridgehead atoms. The van der Waals surface area contributed by atoms with E-state index in [2.05, 4.69) is 6.92 Å². The quantitative estimate of drug-likeness (QED) is 0.613. The molecule has 3 nitrogen and oxygen atoms in total. The highest BCUT2D eigenvalue weighted by molar-refractivity contribution is 5.64. The van der Waals surface area contributed by atoms with Crippen molar-refractivity contribution in [3.05, 3.63) is 59.2 Å². The van der Waals surface area contributed by atoms with Crippen LogP contribution in [0.5, 0.6) is 0 Å². The van der Waals surface area contributed by atoms with Gasteiger partial charge in [-0.3, -0.25) is 0 Å². The predicted octanol–water partition coefficient (Wildman–Crippen LogP) is 5.41. The Labute approximate surface area is 165 Å². The van der Waals surface area contributed by atoms with Gasteiger partial charge in [-0.15, -0.1) is 0 Å². The molecule has 0 saturated carbocycles. The van der Waals surface area contributed by atoms with Crippen molar-refractivity contribution in [2.75, 3.05) is 19.8 Å². The Balaban J connectivity index is 1.63. The molecule has 0 spiro atoms. The van der Waals surface area contributed by atoms with Gasteiger partial charge in [0.1, 0.15) is 11.6 Å². The molecule has 5 heteroatoms. The molecule has 1 aliphatic heterocycles. The number of aliphatic hydroxyl groups excluding tert-OH is 1. The number of benzene rings is 2. The maximum atomic E-state index is 14.1. The second kappa shape index (κ2) is 10.1. The topological polar surface area (TPSA) is 38.7 Å². The molecule has 2 aromatic carbocycles. The van der Waals surface area contributed by atoms with Crippen LogP contribution in [0.1, 0.15) is 50.0 Å². The summed E-state index contributed by atoms with van der Waals surface area (Å²) in [7, 11) is 0. The van der Waals surface area contributed by atoms with Crippen LogP contribution in [0, 0.1) is 17.6 Å². The van der Waals surface area contributed by atoms with Gasteiger partial charge in [0.25, 0.3) is 0 Å². The standard InChI is InChI=1S/C23H28F2O3/c1-2-3-4-5-16-14-27-23(28-15-16)18-8-6-17(7-9-18)19-12-21(24)20(10-11-26)22(25)13-19/h6-9,12-13,16,23,26H,2-5,10-11,14-15H2,1H3. The lowest BCUT2D eigenvalue weighted by Gasteiger charge is -2.29. The van der Waals surface area contributed by atoms with Gasteiger partial charge in [-0.1, -0.05) is 50.5 Å². The number of aliphatic hydroxyl groups is 1. The minimum atomic E-state index is -0.638. The Hall–Kier alpha value is -1.82.